The third-order valence-corrected chi connectivity index (χ3v) is 3.10. The molecule has 0 aromatic carbocycles. The Kier molecular flexibility index (Phi) is 12.9. The van der Waals surface area contributed by atoms with Gasteiger partial charge in [0.2, 0.25) is 0 Å². The molecule has 0 spiro atoms. The fourth-order valence-electron chi connectivity index (χ4n) is 1.92. The summed E-state index contributed by atoms with van der Waals surface area (Å²) in [6.45, 7) is 6.62. The van der Waals surface area contributed by atoms with Crippen LogP contribution in [-0.2, 0) is 0 Å². The molecule has 0 aromatic heterocycles. The fraction of sp³-hybridized carbons (Fsp3) is 1.00. The van der Waals surface area contributed by atoms with E-state index in [4.69, 9.17) is 5.84 Å². The van der Waals surface area contributed by atoms with Crippen LogP contribution in [0.15, 0.2) is 0 Å². The van der Waals surface area contributed by atoms with Gasteiger partial charge in [0, 0.05) is 13.1 Å². The van der Waals surface area contributed by atoms with Crippen molar-refractivity contribution < 1.29 is 0 Å². The van der Waals surface area contributed by atoms with Gasteiger partial charge in [-0.05, 0) is 12.8 Å². The number of nitrogens with two attached hydrogens (primary N) is 1. The highest BCUT2D eigenvalue weighted by molar-refractivity contribution is 4.51. The van der Waals surface area contributed by atoms with Crippen molar-refractivity contribution in [2.75, 3.05) is 13.1 Å². The van der Waals surface area contributed by atoms with Gasteiger partial charge in [0.25, 0.3) is 0 Å². The number of hydrazine groups is 1. The average Bonchev–Trinajstić information content (AvgIpc) is 2.30. The minimum absolute atomic E-state index is 1.06. The number of nitrogens with zero attached hydrogens (tertiary/aromatic N) is 1. The van der Waals surface area contributed by atoms with E-state index in [0.29, 0.717) is 0 Å². The number of rotatable bonds is 12. The third-order valence-electron chi connectivity index (χ3n) is 3.10. The van der Waals surface area contributed by atoms with E-state index in [1.54, 1.807) is 0 Å². The molecule has 0 fully saturated rings. The minimum Gasteiger partial charge on any atom is -0.269 e. The van der Waals surface area contributed by atoms with Crippen molar-refractivity contribution in [2.24, 2.45) is 5.84 Å². The number of hydrogen-bond acceptors (Lipinski definition) is 2. The first-order chi connectivity index (χ1) is 7.81. The van der Waals surface area contributed by atoms with Crippen LogP contribution in [0.3, 0.4) is 0 Å². The molecule has 2 nitrogen and oxygen atoms in total. The molecule has 2 N–H and O–H groups in total. The molecule has 0 rings (SSSR count). The Balaban J connectivity index is 3.02. The third kappa shape index (κ3) is 12.0. The Bertz CT molecular complexity index is 126. The van der Waals surface area contributed by atoms with Gasteiger partial charge in [0.15, 0.2) is 0 Å². The van der Waals surface area contributed by atoms with Crippen LogP contribution < -0.4 is 5.84 Å². The summed E-state index contributed by atoms with van der Waals surface area (Å²) in [5.74, 6) is 5.87. The topological polar surface area (TPSA) is 29.3 Å². The summed E-state index contributed by atoms with van der Waals surface area (Å²) >= 11 is 0. The summed E-state index contributed by atoms with van der Waals surface area (Å²) in [7, 11) is 0. The molecule has 2 heteroatoms. The largest absolute Gasteiger partial charge is 0.269 e. The lowest BCUT2D eigenvalue weighted by atomic mass is 10.1. The highest BCUT2D eigenvalue weighted by Crippen LogP contribution is 2.08. The van der Waals surface area contributed by atoms with E-state index in [1.807, 2.05) is 5.01 Å². The molecular formula is C14H32N2. The smallest absolute Gasteiger partial charge is 0.0128 e. The van der Waals surface area contributed by atoms with E-state index in [2.05, 4.69) is 13.8 Å². The maximum atomic E-state index is 5.87. The van der Waals surface area contributed by atoms with Crippen LogP contribution in [0.5, 0.6) is 0 Å². The molecule has 0 radical (unpaired) electrons. The standard InChI is InChI=1S/C14H32N2/c1-3-5-7-8-9-10-11-12-14-16(15)13-6-4-2/h3-15H2,1-2H3. The Labute approximate surface area is 103 Å². The van der Waals surface area contributed by atoms with Crippen molar-refractivity contribution in [3.05, 3.63) is 0 Å². The van der Waals surface area contributed by atoms with Crippen molar-refractivity contribution >= 4 is 0 Å². The van der Waals surface area contributed by atoms with Crippen LogP contribution in [0.1, 0.15) is 78.1 Å². The van der Waals surface area contributed by atoms with Gasteiger partial charge in [-0.1, -0.05) is 65.2 Å². The molecule has 0 atom stereocenters. The zero-order valence-electron chi connectivity index (χ0n) is 11.5. The van der Waals surface area contributed by atoms with Gasteiger partial charge in [0.05, 0.1) is 0 Å². The highest BCUT2D eigenvalue weighted by atomic mass is 15.4. The zero-order valence-corrected chi connectivity index (χ0v) is 11.5. The second-order valence-electron chi connectivity index (χ2n) is 4.86. The van der Waals surface area contributed by atoms with Gasteiger partial charge in [-0.2, -0.15) is 0 Å². The second kappa shape index (κ2) is 13.0. The quantitative estimate of drug-likeness (QED) is 0.309. The van der Waals surface area contributed by atoms with E-state index in [0.717, 1.165) is 13.1 Å². The number of hydrogen-bond donors (Lipinski definition) is 1. The van der Waals surface area contributed by atoms with Crippen LogP contribution in [0.2, 0.25) is 0 Å². The maximum Gasteiger partial charge on any atom is 0.0128 e. The Hall–Kier alpha value is -0.0800. The van der Waals surface area contributed by atoms with Crippen molar-refractivity contribution in [1.82, 2.24) is 5.01 Å². The summed E-state index contributed by atoms with van der Waals surface area (Å²) in [5, 5.41) is 1.99. The monoisotopic (exact) mass is 228 g/mol. The molecule has 0 aromatic rings. The molecule has 0 heterocycles. The van der Waals surface area contributed by atoms with Gasteiger partial charge in [-0.15, -0.1) is 0 Å². The maximum absolute atomic E-state index is 5.87. The van der Waals surface area contributed by atoms with Crippen LogP contribution >= 0.6 is 0 Å². The second-order valence-corrected chi connectivity index (χ2v) is 4.86. The first-order valence-electron chi connectivity index (χ1n) is 7.30. The van der Waals surface area contributed by atoms with Crippen LogP contribution in [0.25, 0.3) is 0 Å². The number of unbranched alkanes of at least 4 members (excludes halogenated alkanes) is 8. The minimum atomic E-state index is 1.06. The van der Waals surface area contributed by atoms with Gasteiger partial charge >= 0.3 is 0 Å². The Morgan fingerprint density at radius 1 is 0.625 bits per heavy atom. The van der Waals surface area contributed by atoms with E-state index < -0.39 is 0 Å². The Morgan fingerprint density at radius 3 is 1.62 bits per heavy atom. The van der Waals surface area contributed by atoms with E-state index in [-0.39, 0.29) is 0 Å². The van der Waals surface area contributed by atoms with E-state index in [9.17, 15) is 0 Å². The molecule has 0 unspecified atom stereocenters. The Morgan fingerprint density at radius 2 is 1.06 bits per heavy atom. The molecule has 0 aliphatic carbocycles. The van der Waals surface area contributed by atoms with Crippen molar-refractivity contribution in [3.63, 3.8) is 0 Å². The van der Waals surface area contributed by atoms with Crippen molar-refractivity contribution in [2.45, 2.75) is 78.1 Å². The normalized spacial score (nSPS) is 11.2. The predicted octanol–water partition coefficient (Wildman–Crippen LogP) is 4.10. The van der Waals surface area contributed by atoms with Gasteiger partial charge in [-0.3, -0.25) is 5.84 Å². The van der Waals surface area contributed by atoms with Gasteiger partial charge in [-0.25, -0.2) is 5.01 Å². The van der Waals surface area contributed by atoms with Crippen molar-refractivity contribution in [3.8, 4) is 0 Å². The lowest BCUT2D eigenvalue weighted by molar-refractivity contribution is 0.271. The summed E-state index contributed by atoms with van der Waals surface area (Å²) in [6, 6.07) is 0. The summed E-state index contributed by atoms with van der Waals surface area (Å²) < 4.78 is 0. The molecule has 0 bridgehead atoms. The van der Waals surface area contributed by atoms with E-state index >= 15 is 0 Å². The summed E-state index contributed by atoms with van der Waals surface area (Å²) in [6.07, 6.45) is 13.5. The van der Waals surface area contributed by atoms with Crippen LogP contribution in [0.4, 0.5) is 0 Å². The molecule has 0 aliphatic rings. The molecule has 0 amide bonds. The van der Waals surface area contributed by atoms with Crippen LogP contribution in [0, 0.1) is 0 Å². The zero-order chi connectivity index (χ0) is 12.1. The van der Waals surface area contributed by atoms with Gasteiger partial charge < -0.3 is 0 Å². The molecule has 98 valence electrons. The summed E-state index contributed by atoms with van der Waals surface area (Å²) in [5.41, 5.74) is 0. The lowest BCUT2D eigenvalue weighted by Crippen LogP contribution is -2.32. The molecular weight excluding hydrogens is 196 g/mol. The summed E-state index contributed by atoms with van der Waals surface area (Å²) in [4.78, 5) is 0. The molecule has 16 heavy (non-hydrogen) atoms. The first-order valence-corrected chi connectivity index (χ1v) is 7.30. The van der Waals surface area contributed by atoms with Crippen molar-refractivity contribution in [1.29, 1.82) is 0 Å². The SMILES string of the molecule is CCCCCCCCCCN(N)CCCC. The molecule has 0 aliphatic heterocycles. The molecule has 0 saturated heterocycles. The predicted molar refractivity (Wildman–Crippen MR) is 73.3 cm³/mol. The fourth-order valence-corrected chi connectivity index (χ4v) is 1.92. The molecule has 0 saturated carbocycles. The van der Waals surface area contributed by atoms with Crippen LogP contribution in [-0.4, -0.2) is 18.1 Å². The highest BCUT2D eigenvalue weighted by Gasteiger charge is 1.97. The average molecular weight is 228 g/mol. The first kappa shape index (κ1) is 15.9. The van der Waals surface area contributed by atoms with Gasteiger partial charge in [0.1, 0.15) is 0 Å². The van der Waals surface area contributed by atoms with E-state index in [1.165, 1.54) is 64.2 Å². The lowest BCUT2D eigenvalue weighted by Gasteiger charge is -2.15.